The van der Waals surface area contributed by atoms with Gasteiger partial charge in [0.2, 0.25) is 5.91 Å². The van der Waals surface area contributed by atoms with Crippen molar-refractivity contribution in [3.63, 3.8) is 0 Å². The molecule has 38 heavy (non-hydrogen) atoms. The lowest BCUT2D eigenvalue weighted by atomic mass is 10.1. The lowest BCUT2D eigenvalue weighted by molar-refractivity contribution is -0.137. The minimum absolute atomic E-state index is 0.191. The molecule has 3 aromatic rings. The van der Waals surface area contributed by atoms with Crippen molar-refractivity contribution < 1.29 is 18.0 Å². The Bertz CT molecular complexity index is 1360. The zero-order valence-corrected chi connectivity index (χ0v) is 22.5. The maximum absolute atomic E-state index is 13.8. The number of carbonyl (C=O) groups is 1. The van der Waals surface area contributed by atoms with E-state index in [4.69, 9.17) is 11.6 Å². The first kappa shape index (κ1) is 28.0. The fourth-order valence-electron chi connectivity index (χ4n) is 4.90. The van der Waals surface area contributed by atoms with Gasteiger partial charge < -0.3 is 9.80 Å². The molecule has 1 saturated heterocycles. The van der Waals surface area contributed by atoms with Crippen LogP contribution in [0.3, 0.4) is 0 Å². The molecule has 12 heteroatoms. The summed E-state index contributed by atoms with van der Waals surface area (Å²) in [5.41, 5.74) is -1.06. The SMILES string of the molecule is C=CC(=O)N1C(C)CN(c2nc(=O)n3c4c(c(Cl)c(C(F)(F)F)cc24)SCCC3)CC1C.c1ccncc1. The van der Waals surface area contributed by atoms with E-state index in [0.717, 1.165) is 6.07 Å². The zero-order chi connectivity index (χ0) is 27.6. The molecule has 4 heterocycles. The molecule has 2 unspecified atom stereocenters. The molecular formula is C26H27ClF3N5O2S. The summed E-state index contributed by atoms with van der Waals surface area (Å²) >= 11 is 7.44. The first-order valence-electron chi connectivity index (χ1n) is 12.1. The largest absolute Gasteiger partial charge is 0.417 e. The van der Waals surface area contributed by atoms with Gasteiger partial charge in [-0.1, -0.05) is 24.2 Å². The topological polar surface area (TPSA) is 71.3 Å². The van der Waals surface area contributed by atoms with Crippen molar-refractivity contribution in [3.8, 4) is 0 Å². The number of piperazine rings is 1. The normalized spacial score (nSPS) is 19.4. The van der Waals surface area contributed by atoms with E-state index in [0.29, 0.717) is 37.3 Å². The summed E-state index contributed by atoms with van der Waals surface area (Å²) in [6.45, 7) is 8.24. The maximum Gasteiger partial charge on any atom is 0.417 e. The average molecular weight is 566 g/mol. The lowest BCUT2D eigenvalue weighted by Gasteiger charge is -2.44. The van der Waals surface area contributed by atoms with Crippen LogP contribution >= 0.6 is 23.4 Å². The van der Waals surface area contributed by atoms with Gasteiger partial charge in [0.1, 0.15) is 5.82 Å². The molecule has 0 bridgehead atoms. The molecule has 0 N–H and O–H groups in total. The van der Waals surface area contributed by atoms with Crippen LogP contribution in [0.5, 0.6) is 0 Å². The highest BCUT2D eigenvalue weighted by atomic mass is 35.5. The van der Waals surface area contributed by atoms with Gasteiger partial charge in [0.25, 0.3) is 0 Å². The van der Waals surface area contributed by atoms with Crippen molar-refractivity contribution in [1.29, 1.82) is 0 Å². The number of pyridine rings is 1. The Labute approximate surface area is 227 Å². The second-order valence-electron chi connectivity index (χ2n) is 9.11. The Hall–Kier alpha value is -3.05. The average Bonchev–Trinajstić information content (AvgIpc) is 3.12. The highest BCUT2D eigenvalue weighted by molar-refractivity contribution is 7.99. The van der Waals surface area contributed by atoms with E-state index < -0.39 is 17.4 Å². The van der Waals surface area contributed by atoms with E-state index in [1.165, 1.54) is 22.4 Å². The summed E-state index contributed by atoms with van der Waals surface area (Å²) in [7, 11) is 0. The van der Waals surface area contributed by atoms with E-state index in [1.54, 1.807) is 22.2 Å². The monoisotopic (exact) mass is 565 g/mol. The zero-order valence-electron chi connectivity index (χ0n) is 20.9. The van der Waals surface area contributed by atoms with Crippen LogP contribution < -0.4 is 10.6 Å². The Morgan fingerprint density at radius 3 is 2.37 bits per heavy atom. The van der Waals surface area contributed by atoms with Crippen molar-refractivity contribution in [2.75, 3.05) is 23.7 Å². The van der Waals surface area contributed by atoms with Crippen LogP contribution in [0.2, 0.25) is 5.02 Å². The lowest BCUT2D eigenvalue weighted by Crippen LogP contribution is -2.58. The smallest absolute Gasteiger partial charge is 0.352 e. The molecule has 1 fully saturated rings. The number of carbonyl (C=O) groups excluding carboxylic acids is 1. The number of thioether (sulfide) groups is 1. The van der Waals surface area contributed by atoms with Crippen molar-refractivity contribution in [2.24, 2.45) is 0 Å². The molecule has 202 valence electrons. The quantitative estimate of drug-likeness (QED) is 0.395. The van der Waals surface area contributed by atoms with Crippen LogP contribution in [0.4, 0.5) is 19.0 Å². The van der Waals surface area contributed by atoms with E-state index in [2.05, 4.69) is 16.5 Å². The van der Waals surface area contributed by atoms with E-state index in [-0.39, 0.29) is 39.1 Å². The van der Waals surface area contributed by atoms with Crippen LogP contribution in [0.25, 0.3) is 10.9 Å². The molecule has 7 nitrogen and oxygen atoms in total. The van der Waals surface area contributed by atoms with E-state index in [1.807, 2.05) is 32.0 Å². The summed E-state index contributed by atoms with van der Waals surface area (Å²) < 4.78 is 42.9. The number of benzene rings is 1. The third-order valence-electron chi connectivity index (χ3n) is 6.43. The predicted molar refractivity (Wildman–Crippen MR) is 144 cm³/mol. The van der Waals surface area contributed by atoms with Gasteiger partial charge in [-0.3, -0.25) is 14.3 Å². The molecule has 2 aliphatic heterocycles. The van der Waals surface area contributed by atoms with Gasteiger partial charge in [-0.15, -0.1) is 11.8 Å². The van der Waals surface area contributed by atoms with Crippen LogP contribution in [0.1, 0.15) is 25.8 Å². The number of alkyl halides is 3. The van der Waals surface area contributed by atoms with Gasteiger partial charge in [-0.05, 0) is 50.3 Å². The third kappa shape index (κ3) is 5.54. The summed E-state index contributed by atoms with van der Waals surface area (Å²) in [6.07, 6.45) is 0.708. The summed E-state index contributed by atoms with van der Waals surface area (Å²) in [5.74, 6) is 0.522. The van der Waals surface area contributed by atoms with Gasteiger partial charge in [0, 0.05) is 49.5 Å². The number of anilines is 1. The van der Waals surface area contributed by atoms with Gasteiger partial charge >= 0.3 is 11.9 Å². The summed E-state index contributed by atoms with van der Waals surface area (Å²) in [6, 6.07) is 6.22. The number of aromatic nitrogens is 3. The molecule has 5 rings (SSSR count). The number of hydrogen-bond acceptors (Lipinski definition) is 6. The van der Waals surface area contributed by atoms with Crippen molar-refractivity contribution in [2.45, 2.75) is 50.0 Å². The van der Waals surface area contributed by atoms with Crippen LogP contribution in [0, 0.1) is 0 Å². The van der Waals surface area contributed by atoms with Crippen molar-refractivity contribution in [3.05, 3.63) is 70.4 Å². The first-order valence-corrected chi connectivity index (χ1v) is 13.4. The Balaban J connectivity index is 0.000000494. The molecule has 2 aliphatic rings. The highest BCUT2D eigenvalue weighted by Gasteiger charge is 2.38. The summed E-state index contributed by atoms with van der Waals surface area (Å²) in [5, 5.41) is -0.140. The Morgan fingerprint density at radius 1 is 1.18 bits per heavy atom. The second-order valence-corrected chi connectivity index (χ2v) is 10.6. The fourth-order valence-corrected chi connectivity index (χ4v) is 6.39. The van der Waals surface area contributed by atoms with Crippen molar-refractivity contribution >= 4 is 46.0 Å². The van der Waals surface area contributed by atoms with E-state index >= 15 is 0 Å². The highest BCUT2D eigenvalue weighted by Crippen LogP contribution is 2.46. The Morgan fingerprint density at radius 2 is 1.84 bits per heavy atom. The third-order valence-corrected chi connectivity index (χ3v) is 8.11. The number of rotatable bonds is 2. The maximum atomic E-state index is 13.8. The second kappa shape index (κ2) is 11.4. The standard InChI is InChI=1S/C21H22ClF3N4O2S.C5H5N/c1-4-15(30)29-11(2)9-27(10-12(29)3)19-13-8-14(21(23,24)25)16(22)18-17(13)28(20(31)26-19)6-5-7-32-18;1-2-4-6-5-3-1/h4,8,11-12H,1,5-7,9-10H2,2-3H3;1-5H. The molecule has 0 radical (unpaired) electrons. The minimum atomic E-state index is -4.65. The van der Waals surface area contributed by atoms with E-state index in [9.17, 15) is 22.8 Å². The molecule has 1 aromatic carbocycles. The molecule has 2 atom stereocenters. The molecule has 0 saturated carbocycles. The van der Waals surface area contributed by atoms with Gasteiger partial charge in [-0.25, -0.2) is 4.79 Å². The number of amides is 1. The Kier molecular flexibility index (Phi) is 8.37. The molecule has 1 amide bonds. The van der Waals surface area contributed by atoms with Crippen LogP contribution in [-0.2, 0) is 17.5 Å². The number of halogens is 4. The van der Waals surface area contributed by atoms with Crippen LogP contribution in [-0.4, -0.2) is 56.3 Å². The molecule has 2 aromatic heterocycles. The van der Waals surface area contributed by atoms with Gasteiger partial charge in [0.15, 0.2) is 0 Å². The van der Waals surface area contributed by atoms with Crippen LogP contribution in [0.15, 0.2) is 59.0 Å². The van der Waals surface area contributed by atoms with Gasteiger partial charge in [-0.2, -0.15) is 18.2 Å². The summed E-state index contributed by atoms with van der Waals surface area (Å²) in [4.78, 5) is 36.9. The van der Waals surface area contributed by atoms with Gasteiger partial charge in [0.05, 0.1) is 21.0 Å². The molecule has 0 aliphatic carbocycles. The minimum Gasteiger partial charge on any atom is -0.352 e. The first-order chi connectivity index (χ1) is 18.0. The number of hydrogen-bond donors (Lipinski definition) is 0. The van der Waals surface area contributed by atoms with Crippen molar-refractivity contribution in [1.82, 2.24) is 19.4 Å². The molecule has 0 spiro atoms. The number of nitrogens with zero attached hydrogens (tertiary/aromatic N) is 5. The molecular weight excluding hydrogens is 539 g/mol. The number of aryl methyl sites for hydroxylation is 1. The fraction of sp³-hybridized carbons (Fsp3) is 0.385. The predicted octanol–water partition coefficient (Wildman–Crippen LogP) is 5.26.